The van der Waals surface area contributed by atoms with Crippen molar-refractivity contribution in [1.29, 1.82) is 0 Å². The summed E-state index contributed by atoms with van der Waals surface area (Å²) in [7, 11) is 0. The molecule has 0 spiro atoms. The minimum Gasteiger partial charge on any atom is -0.488 e. The summed E-state index contributed by atoms with van der Waals surface area (Å²) in [5, 5.41) is 2.86. The van der Waals surface area contributed by atoms with Crippen LogP contribution in [-0.2, 0) is 16.2 Å². The summed E-state index contributed by atoms with van der Waals surface area (Å²) in [4.78, 5) is 39.1. The van der Waals surface area contributed by atoms with Crippen LogP contribution in [0.1, 0.15) is 22.3 Å². The number of barbiturate groups is 1. The Hall–Kier alpha value is -3.42. The van der Waals surface area contributed by atoms with E-state index in [1.54, 1.807) is 36.4 Å². The maximum Gasteiger partial charge on any atom is 0.335 e. The third kappa shape index (κ3) is 5.05. The SMILES string of the molecule is Cc1cc(C)cc(N2C(=O)NC(=O)/C(=C\c3ccc(OCc4ccccc4Cl)c(Br)c3)C2=O)c1. The first-order valence-electron chi connectivity index (χ1n) is 10.4. The molecule has 1 aliphatic heterocycles. The van der Waals surface area contributed by atoms with Crippen molar-refractivity contribution in [3.63, 3.8) is 0 Å². The Kier molecular flexibility index (Phi) is 6.86. The van der Waals surface area contributed by atoms with Gasteiger partial charge in [-0.05, 0) is 82.9 Å². The monoisotopic (exact) mass is 538 g/mol. The number of ether oxygens (including phenoxy) is 1. The Balaban J connectivity index is 1.59. The lowest BCUT2D eigenvalue weighted by Crippen LogP contribution is -2.54. The van der Waals surface area contributed by atoms with Gasteiger partial charge >= 0.3 is 6.03 Å². The van der Waals surface area contributed by atoms with Gasteiger partial charge in [-0.2, -0.15) is 0 Å². The fraction of sp³-hybridized carbons (Fsp3) is 0.115. The molecule has 0 bridgehead atoms. The molecule has 1 saturated heterocycles. The molecule has 1 fully saturated rings. The van der Waals surface area contributed by atoms with Crippen molar-refractivity contribution < 1.29 is 19.1 Å². The van der Waals surface area contributed by atoms with Gasteiger partial charge < -0.3 is 4.74 Å². The van der Waals surface area contributed by atoms with Gasteiger partial charge in [0, 0.05) is 10.6 Å². The summed E-state index contributed by atoms with van der Waals surface area (Å²) in [6, 6.07) is 17.2. The van der Waals surface area contributed by atoms with E-state index in [1.165, 1.54) is 6.08 Å². The topological polar surface area (TPSA) is 75.7 Å². The number of benzene rings is 3. The van der Waals surface area contributed by atoms with Gasteiger partial charge in [0.2, 0.25) is 0 Å². The molecule has 4 amide bonds. The van der Waals surface area contributed by atoms with E-state index in [2.05, 4.69) is 21.2 Å². The van der Waals surface area contributed by atoms with Gasteiger partial charge in [-0.15, -0.1) is 0 Å². The summed E-state index contributed by atoms with van der Waals surface area (Å²) in [6.07, 6.45) is 1.45. The van der Waals surface area contributed by atoms with E-state index in [0.717, 1.165) is 21.6 Å². The molecule has 34 heavy (non-hydrogen) atoms. The van der Waals surface area contributed by atoms with Crippen molar-refractivity contribution in [2.75, 3.05) is 4.90 Å². The molecule has 0 saturated carbocycles. The number of nitrogens with zero attached hydrogens (tertiary/aromatic N) is 1. The summed E-state index contributed by atoms with van der Waals surface area (Å²) in [5.41, 5.74) is 3.50. The number of urea groups is 1. The first-order chi connectivity index (χ1) is 16.2. The zero-order chi connectivity index (χ0) is 24.4. The van der Waals surface area contributed by atoms with Gasteiger partial charge in [-0.25, -0.2) is 9.69 Å². The van der Waals surface area contributed by atoms with Gasteiger partial charge in [0.25, 0.3) is 11.8 Å². The zero-order valence-corrected chi connectivity index (χ0v) is 20.7. The summed E-state index contributed by atoms with van der Waals surface area (Å²) < 4.78 is 6.49. The average molecular weight is 540 g/mol. The number of imide groups is 2. The summed E-state index contributed by atoms with van der Waals surface area (Å²) in [6.45, 7) is 4.03. The number of rotatable bonds is 5. The Morgan fingerprint density at radius 2 is 1.71 bits per heavy atom. The van der Waals surface area contributed by atoms with Crippen LogP contribution >= 0.6 is 27.5 Å². The average Bonchev–Trinajstić information content (AvgIpc) is 2.76. The number of anilines is 1. The predicted octanol–water partition coefficient (Wildman–Crippen LogP) is 5.96. The number of aryl methyl sites for hydroxylation is 2. The van der Waals surface area contributed by atoms with Gasteiger partial charge in [0.15, 0.2) is 0 Å². The highest BCUT2D eigenvalue weighted by molar-refractivity contribution is 9.10. The van der Waals surface area contributed by atoms with Crippen LogP contribution in [0.25, 0.3) is 6.08 Å². The molecule has 0 atom stereocenters. The van der Waals surface area contributed by atoms with Crippen molar-refractivity contribution in [2.24, 2.45) is 0 Å². The lowest BCUT2D eigenvalue weighted by atomic mass is 10.1. The van der Waals surface area contributed by atoms with E-state index < -0.39 is 17.8 Å². The van der Waals surface area contributed by atoms with Crippen molar-refractivity contribution in [3.8, 4) is 5.75 Å². The first-order valence-corrected chi connectivity index (χ1v) is 11.6. The summed E-state index contributed by atoms with van der Waals surface area (Å²) in [5.74, 6) is -0.853. The predicted molar refractivity (Wildman–Crippen MR) is 135 cm³/mol. The highest BCUT2D eigenvalue weighted by Crippen LogP contribution is 2.30. The minimum absolute atomic E-state index is 0.143. The van der Waals surface area contributed by atoms with E-state index in [1.807, 2.05) is 38.1 Å². The number of halogens is 2. The fourth-order valence-corrected chi connectivity index (χ4v) is 4.33. The second-order valence-electron chi connectivity index (χ2n) is 7.87. The molecule has 0 unspecified atom stereocenters. The van der Waals surface area contributed by atoms with E-state index >= 15 is 0 Å². The quantitative estimate of drug-likeness (QED) is 0.320. The Labute approximate surface area is 210 Å². The summed E-state index contributed by atoms with van der Waals surface area (Å²) >= 11 is 9.65. The Morgan fingerprint density at radius 3 is 2.38 bits per heavy atom. The Morgan fingerprint density at radius 1 is 1.00 bits per heavy atom. The maximum absolute atomic E-state index is 13.1. The van der Waals surface area contributed by atoms with Gasteiger partial charge in [-0.3, -0.25) is 14.9 Å². The van der Waals surface area contributed by atoms with Crippen molar-refractivity contribution in [3.05, 3.63) is 98.0 Å². The molecule has 1 aliphatic rings. The fourth-order valence-electron chi connectivity index (χ4n) is 3.63. The Bertz CT molecular complexity index is 1330. The third-order valence-corrected chi connectivity index (χ3v) is 6.16. The number of carbonyl (C=O) groups excluding carboxylic acids is 3. The lowest BCUT2D eigenvalue weighted by Gasteiger charge is -2.27. The maximum atomic E-state index is 13.1. The number of hydrogen-bond donors (Lipinski definition) is 1. The molecule has 6 nitrogen and oxygen atoms in total. The van der Waals surface area contributed by atoms with E-state index in [-0.39, 0.29) is 12.2 Å². The highest BCUT2D eigenvalue weighted by Gasteiger charge is 2.37. The molecule has 0 aromatic heterocycles. The van der Waals surface area contributed by atoms with Crippen LogP contribution in [0.2, 0.25) is 5.02 Å². The third-order valence-electron chi connectivity index (χ3n) is 5.17. The largest absolute Gasteiger partial charge is 0.488 e. The van der Waals surface area contributed by atoms with E-state index in [0.29, 0.717) is 26.5 Å². The number of amides is 4. The van der Waals surface area contributed by atoms with Crippen molar-refractivity contribution >= 4 is 57.1 Å². The molecule has 8 heteroatoms. The smallest absolute Gasteiger partial charge is 0.335 e. The normalized spacial score (nSPS) is 15.0. The van der Waals surface area contributed by atoms with Crippen molar-refractivity contribution in [2.45, 2.75) is 20.5 Å². The molecule has 172 valence electrons. The molecule has 1 heterocycles. The van der Waals surface area contributed by atoms with Crippen LogP contribution in [0.4, 0.5) is 10.5 Å². The highest BCUT2D eigenvalue weighted by atomic mass is 79.9. The van der Waals surface area contributed by atoms with Crippen molar-refractivity contribution in [1.82, 2.24) is 5.32 Å². The van der Waals surface area contributed by atoms with Crippen LogP contribution in [0.5, 0.6) is 5.75 Å². The molecular formula is C26H20BrClN2O4. The molecule has 3 aromatic carbocycles. The lowest BCUT2D eigenvalue weighted by molar-refractivity contribution is -0.122. The van der Waals surface area contributed by atoms with Crippen LogP contribution in [0.15, 0.2) is 70.7 Å². The van der Waals surface area contributed by atoms with E-state index in [4.69, 9.17) is 16.3 Å². The standard InChI is InChI=1S/C26H20BrClN2O4/c1-15-9-16(2)11-19(10-15)30-25(32)20(24(31)29-26(30)33)12-17-7-8-23(21(27)13-17)34-14-18-5-3-4-6-22(18)28/h3-13H,14H2,1-2H3,(H,29,31,33)/b20-12+. The molecule has 0 aliphatic carbocycles. The molecule has 1 N–H and O–H groups in total. The molecule has 4 rings (SSSR count). The van der Waals surface area contributed by atoms with Crippen LogP contribution in [0.3, 0.4) is 0 Å². The van der Waals surface area contributed by atoms with Gasteiger partial charge in [0.05, 0.1) is 10.2 Å². The van der Waals surface area contributed by atoms with Crippen LogP contribution in [-0.4, -0.2) is 17.8 Å². The molecule has 3 aromatic rings. The van der Waals surface area contributed by atoms with Crippen LogP contribution in [0, 0.1) is 13.8 Å². The second kappa shape index (κ2) is 9.83. The number of nitrogens with one attached hydrogen (secondary N) is 1. The number of carbonyl (C=O) groups is 3. The second-order valence-corrected chi connectivity index (χ2v) is 9.14. The van der Waals surface area contributed by atoms with Crippen LogP contribution < -0.4 is 15.0 Å². The van der Waals surface area contributed by atoms with Gasteiger partial charge in [0.1, 0.15) is 17.9 Å². The number of hydrogen-bond acceptors (Lipinski definition) is 4. The minimum atomic E-state index is -0.776. The zero-order valence-electron chi connectivity index (χ0n) is 18.4. The van der Waals surface area contributed by atoms with E-state index in [9.17, 15) is 14.4 Å². The first kappa shape index (κ1) is 23.7. The molecular weight excluding hydrogens is 520 g/mol. The van der Waals surface area contributed by atoms with Gasteiger partial charge in [-0.1, -0.05) is 41.9 Å². The molecule has 0 radical (unpaired) electrons.